The number of amides is 1. The van der Waals surface area contributed by atoms with Crippen LogP contribution in [0.15, 0.2) is 11.8 Å². The lowest BCUT2D eigenvalue weighted by molar-refractivity contribution is -0.118. The van der Waals surface area contributed by atoms with Crippen molar-refractivity contribution in [3.05, 3.63) is 11.8 Å². The molecule has 0 aromatic rings. The highest BCUT2D eigenvalue weighted by molar-refractivity contribution is 5.89. The molecular formula is C10H18N2O. The van der Waals surface area contributed by atoms with Crippen LogP contribution in [0.1, 0.15) is 20.3 Å². The van der Waals surface area contributed by atoms with Crippen LogP contribution >= 0.6 is 0 Å². The molecule has 1 atom stereocenters. The summed E-state index contributed by atoms with van der Waals surface area (Å²) in [6, 6.07) is 0.287. The third-order valence-corrected chi connectivity index (χ3v) is 2.43. The van der Waals surface area contributed by atoms with E-state index in [1.54, 1.807) is 6.08 Å². The van der Waals surface area contributed by atoms with Crippen molar-refractivity contribution < 1.29 is 4.79 Å². The number of carbonyl (C=O) groups is 1. The van der Waals surface area contributed by atoms with Crippen LogP contribution in [-0.4, -0.2) is 30.9 Å². The zero-order valence-electron chi connectivity index (χ0n) is 8.79. The van der Waals surface area contributed by atoms with Crippen LogP contribution in [0.25, 0.3) is 0 Å². The average Bonchev–Trinajstić information content (AvgIpc) is 2.03. The van der Waals surface area contributed by atoms with Gasteiger partial charge in [-0.1, -0.05) is 13.8 Å². The van der Waals surface area contributed by atoms with E-state index >= 15 is 0 Å². The highest BCUT2D eigenvalue weighted by Crippen LogP contribution is 2.17. The van der Waals surface area contributed by atoms with Crippen molar-refractivity contribution in [2.75, 3.05) is 14.1 Å². The number of nitrogens with one attached hydrogen (secondary N) is 1. The maximum Gasteiger partial charge on any atom is 0.245 e. The van der Waals surface area contributed by atoms with Gasteiger partial charge in [0.25, 0.3) is 0 Å². The van der Waals surface area contributed by atoms with Crippen LogP contribution in [-0.2, 0) is 4.79 Å². The van der Waals surface area contributed by atoms with E-state index in [1.165, 1.54) is 0 Å². The first-order valence-electron chi connectivity index (χ1n) is 4.69. The molecule has 0 fully saturated rings. The molecule has 3 nitrogen and oxygen atoms in total. The van der Waals surface area contributed by atoms with Crippen LogP contribution in [0.4, 0.5) is 0 Å². The van der Waals surface area contributed by atoms with Crippen molar-refractivity contribution in [1.29, 1.82) is 0 Å². The summed E-state index contributed by atoms with van der Waals surface area (Å²) in [5.74, 6) is 0.529. The van der Waals surface area contributed by atoms with Crippen LogP contribution in [0.5, 0.6) is 0 Å². The molecule has 0 saturated carbocycles. The summed E-state index contributed by atoms with van der Waals surface area (Å²) in [6.07, 6.45) is 2.62. The van der Waals surface area contributed by atoms with Gasteiger partial charge in [0.15, 0.2) is 0 Å². The average molecular weight is 182 g/mol. The second-order valence-electron chi connectivity index (χ2n) is 4.09. The number of nitrogens with zero attached hydrogens (tertiary/aromatic N) is 1. The lowest BCUT2D eigenvalue weighted by Crippen LogP contribution is -2.42. The predicted molar refractivity (Wildman–Crippen MR) is 53.2 cm³/mol. The van der Waals surface area contributed by atoms with E-state index < -0.39 is 0 Å². The van der Waals surface area contributed by atoms with Gasteiger partial charge in [0, 0.05) is 38.3 Å². The van der Waals surface area contributed by atoms with Crippen molar-refractivity contribution in [2.24, 2.45) is 5.92 Å². The summed E-state index contributed by atoms with van der Waals surface area (Å²) in [5.41, 5.74) is 1.11. The van der Waals surface area contributed by atoms with Gasteiger partial charge in [-0.15, -0.1) is 0 Å². The quantitative estimate of drug-likeness (QED) is 0.690. The van der Waals surface area contributed by atoms with E-state index in [-0.39, 0.29) is 11.9 Å². The standard InChI is InChI=1S/C10H18N2O/c1-7(2)9-5-8(12(3)4)6-10(13)11-9/h6-7,9H,5H2,1-4H3,(H,11,13). The molecule has 1 N–H and O–H groups in total. The summed E-state index contributed by atoms with van der Waals surface area (Å²) in [4.78, 5) is 13.3. The van der Waals surface area contributed by atoms with Gasteiger partial charge >= 0.3 is 0 Å². The molecule has 0 aliphatic carbocycles. The van der Waals surface area contributed by atoms with Gasteiger partial charge in [-0.2, -0.15) is 0 Å². The number of carbonyl (C=O) groups excluding carboxylic acids is 1. The van der Waals surface area contributed by atoms with Gasteiger partial charge in [-0.3, -0.25) is 4.79 Å². The Balaban J connectivity index is 2.73. The molecule has 0 spiro atoms. The smallest absolute Gasteiger partial charge is 0.245 e. The van der Waals surface area contributed by atoms with Gasteiger partial charge < -0.3 is 10.2 Å². The lowest BCUT2D eigenvalue weighted by atomic mass is 9.96. The van der Waals surface area contributed by atoms with Gasteiger partial charge in [0.1, 0.15) is 0 Å². The van der Waals surface area contributed by atoms with Crippen LogP contribution in [0, 0.1) is 5.92 Å². The first-order chi connectivity index (χ1) is 6.00. The summed E-state index contributed by atoms with van der Waals surface area (Å²) >= 11 is 0. The molecule has 0 bridgehead atoms. The zero-order chi connectivity index (χ0) is 10.0. The molecule has 1 unspecified atom stereocenters. The maximum atomic E-state index is 11.3. The SMILES string of the molecule is CC(C)C1CC(N(C)C)=CC(=O)N1. The topological polar surface area (TPSA) is 32.3 Å². The van der Waals surface area contributed by atoms with Crippen molar-refractivity contribution in [1.82, 2.24) is 10.2 Å². The Morgan fingerprint density at radius 1 is 1.54 bits per heavy atom. The third kappa shape index (κ3) is 2.47. The Morgan fingerprint density at radius 3 is 2.62 bits per heavy atom. The van der Waals surface area contributed by atoms with Crippen molar-refractivity contribution in [3.63, 3.8) is 0 Å². The minimum absolute atomic E-state index is 0.0358. The highest BCUT2D eigenvalue weighted by Gasteiger charge is 2.22. The Morgan fingerprint density at radius 2 is 2.15 bits per heavy atom. The monoisotopic (exact) mass is 182 g/mol. The van der Waals surface area contributed by atoms with E-state index in [2.05, 4.69) is 19.2 Å². The molecular weight excluding hydrogens is 164 g/mol. The van der Waals surface area contributed by atoms with Crippen molar-refractivity contribution in [2.45, 2.75) is 26.3 Å². The fourth-order valence-electron chi connectivity index (χ4n) is 1.43. The Labute approximate surface area is 79.8 Å². The van der Waals surface area contributed by atoms with Gasteiger partial charge in [0.05, 0.1) is 0 Å². The molecule has 0 radical (unpaired) electrons. The third-order valence-electron chi connectivity index (χ3n) is 2.43. The fraction of sp³-hybridized carbons (Fsp3) is 0.700. The first-order valence-corrected chi connectivity index (χ1v) is 4.69. The van der Waals surface area contributed by atoms with Crippen molar-refractivity contribution in [3.8, 4) is 0 Å². The number of hydrogen-bond donors (Lipinski definition) is 1. The van der Waals surface area contributed by atoms with Gasteiger partial charge in [-0.05, 0) is 5.92 Å². The summed E-state index contributed by atoms with van der Waals surface area (Å²) in [6.45, 7) is 4.26. The molecule has 0 aromatic heterocycles. The largest absolute Gasteiger partial charge is 0.381 e. The lowest BCUT2D eigenvalue weighted by Gasteiger charge is -2.30. The normalized spacial score (nSPS) is 22.7. The minimum atomic E-state index is 0.0358. The highest BCUT2D eigenvalue weighted by atomic mass is 16.1. The Kier molecular flexibility index (Phi) is 2.96. The number of hydrogen-bond acceptors (Lipinski definition) is 2. The second-order valence-corrected chi connectivity index (χ2v) is 4.09. The van der Waals surface area contributed by atoms with Crippen LogP contribution < -0.4 is 5.32 Å². The summed E-state index contributed by atoms with van der Waals surface area (Å²) in [5, 5.41) is 2.96. The molecule has 1 rings (SSSR count). The molecule has 3 heteroatoms. The molecule has 1 amide bonds. The van der Waals surface area contributed by atoms with Crippen molar-refractivity contribution >= 4 is 5.91 Å². The molecule has 1 aliphatic rings. The van der Waals surface area contributed by atoms with Crippen LogP contribution in [0.3, 0.4) is 0 Å². The van der Waals surface area contributed by atoms with Gasteiger partial charge in [-0.25, -0.2) is 0 Å². The molecule has 1 aliphatic heterocycles. The summed E-state index contributed by atoms with van der Waals surface area (Å²) in [7, 11) is 3.95. The van der Waals surface area contributed by atoms with E-state index in [9.17, 15) is 4.79 Å². The van der Waals surface area contributed by atoms with E-state index in [0.29, 0.717) is 5.92 Å². The minimum Gasteiger partial charge on any atom is -0.381 e. The molecule has 0 saturated heterocycles. The van der Waals surface area contributed by atoms with E-state index in [4.69, 9.17) is 0 Å². The molecule has 13 heavy (non-hydrogen) atoms. The molecule has 74 valence electrons. The van der Waals surface area contributed by atoms with E-state index in [0.717, 1.165) is 12.1 Å². The molecule has 0 aromatic carbocycles. The predicted octanol–water partition coefficient (Wildman–Crippen LogP) is 0.976. The fourth-order valence-corrected chi connectivity index (χ4v) is 1.43. The Bertz CT molecular complexity index is 231. The molecule has 1 heterocycles. The summed E-state index contributed by atoms with van der Waals surface area (Å²) < 4.78 is 0. The zero-order valence-corrected chi connectivity index (χ0v) is 8.79. The maximum absolute atomic E-state index is 11.3. The van der Waals surface area contributed by atoms with E-state index in [1.807, 2.05) is 19.0 Å². The van der Waals surface area contributed by atoms with Crippen LogP contribution in [0.2, 0.25) is 0 Å². The number of rotatable bonds is 2. The van der Waals surface area contributed by atoms with Gasteiger partial charge in [0.2, 0.25) is 5.91 Å². The second kappa shape index (κ2) is 3.81. The Hall–Kier alpha value is -0.990. The first kappa shape index (κ1) is 10.1.